The van der Waals surface area contributed by atoms with Crippen LogP contribution in [0.2, 0.25) is 0 Å². The van der Waals surface area contributed by atoms with E-state index in [2.05, 4.69) is 199 Å². The molecular weight excluding hydrogens is 831 g/mol. The fourth-order valence-electron chi connectivity index (χ4n) is 10.4. The third-order valence-corrected chi connectivity index (χ3v) is 13.5. The highest BCUT2D eigenvalue weighted by atomic mass is 16.3. The van der Waals surface area contributed by atoms with Crippen molar-refractivity contribution >= 4 is 76.1 Å². The van der Waals surface area contributed by atoms with E-state index in [-0.39, 0.29) is 0 Å². The van der Waals surface area contributed by atoms with E-state index in [4.69, 9.17) is 24.4 Å². The van der Waals surface area contributed by atoms with Crippen LogP contribution in [0.5, 0.6) is 0 Å². The predicted molar refractivity (Wildman–Crippen MR) is 279 cm³/mol. The molecule has 0 aliphatic carbocycles. The average molecular weight is 868 g/mol. The summed E-state index contributed by atoms with van der Waals surface area (Å²) in [5, 5.41) is 11.5. The summed E-state index contributed by atoms with van der Waals surface area (Å²) in [6, 6.07) is 77.1. The van der Waals surface area contributed by atoms with Gasteiger partial charge in [0.05, 0.1) is 11.0 Å². The molecule has 316 valence electrons. The van der Waals surface area contributed by atoms with Crippen LogP contribution < -0.4 is 0 Å². The lowest BCUT2D eigenvalue weighted by molar-refractivity contribution is 0.667. The zero-order valence-electron chi connectivity index (χ0n) is 36.5. The van der Waals surface area contributed by atoms with Crippen molar-refractivity contribution in [2.45, 2.75) is 0 Å². The van der Waals surface area contributed by atoms with Crippen LogP contribution in [-0.2, 0) is 0 Å². The van der Waals surface area contributed by atoms with Gasteiger partial charge in [0, 0.05) is 44.6 Å². The number of nitrogens with zero attached hydrogens (tertiary/aromatic N) is 5. The molecule has 14 rings (SSSR count). The molecule has 14 aromatic rings. The van der Waals surface area contributed by atoms with Crippen LogP contribution in [-0.4, -0.2) is 24.5 Å². The molecule has 10 aromatic carbocycles. The average Bonchev–Trinajstić information content (AvgIpc) is 3.97. The Morgan fingerprint density at radius 1 is 0.353 bits per heavy atom. The molecule has 4 aromatic heterocycles. The van der Waals surface area contributed by atoms with Crippen molar-refractivity contribution in [3.8, 4) is 62.2 Å². The predicted octanol–water partition coefficient (Wildman–Crippen LogP) is 16.1. The number of fused-ring (bicyclic) bond motifs is 11. The van der Waals surface area contributed by atoms with Gasteiger partial charge in [0.2, 0.25) is 0 Å². The molecule has 0 aliphatic rings. The first-order valence-electron chi connectivity index (χ1n) is 22.9. The lowest BCUT2D eigenvalue weighted by Gasteiger charge is -2.13. The first-order valence-corrected chi connectivity index (χ1v) is 22.9. The summed E-state index contributed by atoms with van der Waals surface area (Å²) in [6.07, 6.45) is 1.80. The van der Waals surface area contributed by atoms with Gasteiger partial charge in [-0.05, 0) is 97.0 Å². The summed E-state index contributed by atoms with van der Waals surface area (Å²) in [6.45, 7) is 0. The maximum Gasteiger partial charge on any atom is 0.186 e. The number of rotatable bonds is 6. The van der Waals surface area contributed by atoms with E-state index in [0.717, 1.165) is 60.5 Å². The highest BCUT2D eigenvalue weighted by molar-refractivity contribution is 6.24. The molecule has 0 saturated carbocycles. The van der Waals surface area contributed by atoms with Gasteiger partial charge in [-0.15, -0.1) is 0 Å². The number of pyridine rings is 1. The van der Waals surface area contributed by atoms with E-state index in [0.29, 0.717) is 28.8 Å². The quantitative estimate of drug-likeness (QED) is 0.156. The number of hydrogen-bond acceptors (Lipinski definition) is 5. The first-order chi connectivity index (χ1) is 33.7. The van der Waals surface area contributed by atoms with Crippen LogP contribution >= 0.6 is 0 Å². The summed E-state index contributed by atoms with van der Waals surface area (Å²) < 4.78 is 8.88. The van der Waals surface area contributed by atoms with Gasteiger partial charge in [-0.3, -0.25) is 0 Å². The molecule has 4 heterocycles. The molecule has 0 spiro atoms. The lowest BCUT2D eigenvalue weighted by Crippen LogP contribution is -2.02. The highest BCUT2D eigenvalue weighted by Gasteiger charge is 2.22. The Morgan fingerprint density at radius 3 is 1.74 bits per heavy atom. The van der Waals surface area contributed by atoms with Gasteiger partial charge in [0.15, 0.2) is 28.8 Å². The van der Waals surface area contributed by atoms with Crippen molar-refractivity contribution in [1.29, 1.82) is 0 Å². The Bertz CT molecular complexity index is 4310. The molecule has 0 saturated heterocycles. The lowest BCUT2D eigenvalue weighted by atomic mass is 9.95. The monoisotopic (exact) mass is 867 g/mol. The van der Waals surface area contributed by atoms with Crippen LogP contribution in [0, 0.1) is 0 Å². The smallest absolute Gasteiger partial charge is 0.186 e. The fraction of sp³-hybridized carbons (Fsp3) is 0. The zero-order chi connectivity index (χ0) is 44.7. The molecule has 6 heteroatoms. The normalized spacial score (nSPS) is 11.8. The third kappa shape index (κ3) is 5.98. The summed E-state index contributed by atoms with van der Waals surface area (Å²) in [5.41, 5.74) is 11.9. The zero-order valence-corrected chi connectivity index (χ0v) is 36.5. The molecule has 0 amide bonds. The molecule has 68 heavy (non-hydrogen) atoms. The van der Waals surface area contributed by atoms with E-state index < -0.39 is 0 Å². The number of aromatic nitrogens is 5. The standard InChI is InChI=1S/C62H37N5O/c1-2-14-40(15-3-1)52-37-55-57(49-22-9-8-20-47(49)52)51-23-10-12-24-54(51)67(55)43-32-30-39(31-33-43)38-26-28-41(29-27-38)60-64-61(53-36-42-16-4-5-17-44(42)45-18-6-7-19-46(45)53)66-62(65-60)58-59-50(34-35-63-58)48-21-11-13-25-56(48)68-59/h1-37H. The Labute approximate surface area is 390 Å². The van der Waals surface area contributed by atoms with Gasteiger partial charge in [0.25, 0.3) is 0 Å². The molecule has 0 aliphatic heterocycles. The van der Waals surface area contributed by atoms with E-state index in [1.165, 1.54) is 49.1 Å². The molecular formula is C62H37N5O. The summed E-state index contributed by atoms with van der Waals surface area (Å²) >= 11 is 0. The number of para-hydroxylation sites is 2. The summed E-state index contributed by atoms with van der Waals surface area (Å²) in [4.78, 5) is 20.4. The molecule has 6 nitrogen and oxygen atoms in total. The molecule has 0 N–H and O–H groups in total. The molecule has 0 unspecified atom stereocenters. The third-order valence-electron chi connectivity index (χ3n) is 13.5. The van der Waals surface area contributed by atoms with Crippen molar-refractivity contribution in [3.05, 3.63) is 225 Å². The Hall–Kier alpha value is -9.26. The van der Waals surface area contributed by atoms with Crippen LogP contribution in [0.15, 0.2) is 229 Å². The second kappa shape index (κ2) is 15.2. The fourth-order valence-corrected chi connectivity index (χ4v) is 10.4. The van der Waals surface area contributed by atoms with Gasteiger partial charge in [-0.25, -0.2) is 19.9 Å². The van der Waals surface area contributed by atoms with Gasteiger partial charge in [0.1, 0.15) is 5.58 Å². The van der Waals surface area contributed by atoms with E-state index in [1.54, 1.807) is 6.20 Å². The second-order valence-corrected chi connectivity index (χ2v) is 17.3. The Morgan fingerprint density at radius 2 is 0.941 bits per heavy atom. The van der Waals surface area contributed by atoms with Crippen LogP contribution in [0.25, 0.3) is 138 Å². The maximum atomic E-state index is 6.47. The van der Waals surface area contributed by atoms with E-state index >= 15 is 0 Å². The SMILES string of the molecule is c1ccc(-c2cc3c(c4ccccc24)c2ccccc2n3-c2ccc(-c3ccc(-c4nc(-c5cc6ccccc6c6ccccc56)nc(-c5nccc6c5oc5ccccc56)n4)cc3)cc2)cc1. The highest BCUT2D eigenvalue weighted by Crippen LogP contribution is 2.42. The second-order valence-electron chi connectivity index (χ2n) is 17.3. The van der Waals surface area contributed by atoms with Gasteiger partial charge >= 0.3 is 0 Å². The number of hydrogen-bond donors (Lipinski definition) is 0. The van der Waals surface area contributed by atoms with Crippen molar-refractivity contribution in [2.24, 2.45) is 0 Å². The Balaban J connectivity index is 0.887. The van der Waals surface area contributed by atoms with Crippen molar-refractivity contribution in [1.82, 2.24) is 24.5 Å². The van der Waals surface area contributed by atoms with Crippen molar-refractivity contribution in [3.63, 3.8) is 0 Å². The summed E-state index contributed by atoms with van der Waals surface area (Å²) in [7, 11) is 0. The Kier molecular flexibility index (Phi) is 8.48. The number of benzene rings is 10. The molecule has 0 radical (unpaired) electrons. The van der Waals surface area contributed by atoms with Crippen LogP contribution in [0.3, 0.4) is 0 Å². The van der Waals surface area contributed by atoms with E-state index in [9.17, 15) is 0 Å². The molecule has 0 bridgehead atoms. The number of furan rings is 1. The molecule has 0 atom stereocenters. The minimum Gasteiger partial charge on any atom is -0.454 e. The first kappa shape index (κ1) is 38.1. The maximum absolute atomic E-state index is 6.47. The van der Waals surface area contributed by atoms with Crippen molar-refractivity contribution in [2.75, 3.05) is 0 Å². The van der Waals surface area contributed by atoms with Crippen LogP contribution in [0.1, 0.15) is 0 Å². The van der Waals surface area contributed by atoms with Crippen molar-refractivity contribution < 1.29 is 4.42 Å². The minimum absolute atomic E-state index is 0.445. The van der Waals surface area contributed by atoms with Gasteiger partial charge < -0.3 is 8.98 Å². The summed E-state index contributed by atoms with van der Waals surface area (Å²) in [5.74, 6) is 1.56. The van der Waals surface area contributed by atoms with Gasteiger partial charge in [-0.1, -0.05) is 176 Å². The largest absolute Gasteiger partial charge is 0.454 e. The molecule has 0 fully saturated rings. The topological polar surface area (TPSA) is 69.6 Å². The minimum atomic E-state index is 0.445. The van der Waals surface area contributed by atoms with E-state index in [1.807, 2.05) is 24.3 Å². The van der Waals surface area contributed by atoms with Gasteiger partial charge in [-0.2, -0.15) is 0 Å². The van der Waals surface area contributed by atoms with Crippen LogP contribution in [0.4, 0.5) is 0 Å².